The summed E-state index contributed by atoms with van der Waals surface area (Å²) in [6.45, 7) is 2.06. The van der Waals surface area contributed by atoms with Crippen LogP contribution in [0.15, 0.2) is 46.9 Å². The van der Waals surface area contributed by atoms with E-state index in [0.29, 0.717) is 33.7 Å². The molecule has 0 bridgehead atoms. The van der Waals surface area contributed by atoms with Gasteiger partial charge in [0.05, 0.1) is 20.8 Å². The Morgan fingerprint density at radius 1 is 1.08 bits per heavy atom. The standard InChI is InChI=1S/C21H19BrO4/c1-4-26-21(23)18(22)12-17-14-20(25-3)19(24-2)13-16(17)11-10-15-8-6-5-7-9-15/h5-9,12-14H,4H2,1-3H3/b18-12-. The predicted octanol–water partition coefficient (Wildman–Crippen LogP) is 4.40. The van der Waals surface area contributed by atoms with Crippen molar-refractivity contribution in [3.8, 4) is 23.3 Å². The predicted molar refractivity (Wildman–Crippen MR) is 106 cm³/mol. The summed E-state index contributed by atoms with van der Waals surface area (Å²) in [7, 11) is 3.12. The van der Waals surface area contributed by atoms with Crippen LogP contribution in [0.4, 0.5) is 0 Å². The average molecular weight is 415 g/mol. The number of benzene rings is 2. The maximum Gasteiger partial charge on any atom is 0.345 e. The second kappa shape index (κ2) is 9.69. The van der Waals surface area contributed by atoms with E-state index in [-0.39, 0.29) is 0 Å². The van der Waals surface area contributed by atoms with E-state index in [9.17, 15) is 4.79 Å². The van der Waals surface area contributed by atoms with Crippen molar-refractivity contribution < 1.29 is 19.0 Å². The first-order valence-corrected chi connectivity index (χ1v) is 8.75. The van der Waals surface area contributed by atoms with E-state index >= 15 is 0 Å². The number of carbonyl (C=O) groups is 1. The highest BCUT2D eigenvalue weighted by Gasteiger charge is 2.12. The van der Waals surface area contributed by atoms with Crippen molar-refractivity contribution in [3.05, 3.63) is 63.6 Å². The number of carbonyl (C=O) groups excluding carboxylic acids is 1. The fraction of sp³-hybridized carbons (Fsp3) is 0.190. The SMILES string of the molecule is CCOC(=O)/C(Br)=C/c1cc(OC)c(OC)cc1C#Cc1ccccc1. The highest BCUT2D eigenvalue weighted by atomic mass is 79.9. The number of esters is 1. The summed E-state index contributed by atoms with van der Waals surface area (Å²) in [4.78, 5) is 11.9. The van der Waals surface area contributed by atoms with Gasteiger partial charge in [-0.1, -0.05) is 30.0 Å². The van der Waals surface area contributed by atoms with Crippen LogP contribution >= 0.6 is 15.9 Å². The lowest BCUT2D eigenvalue weighted by molar-refractivity contribution is -0.137. The Hall–Kier alpha value is -2.71. The zero-order valence-electron chi connectivity index (χ0n) is 14.8. The van der Waals surface area contributed by atoms with Gasteiger partial charge in [0.2, 0.25) is 0 Å². The van der Waals surface area contributed by atoms with Gasteiger partial charge in [0.1, 0.15) is 4.48 Å². The third-order valence-corrected chi connectivity index (χ3v) is 3.98. The van der Waals surface area contributed by atoms with E-state index in [1.807, 2.05) is 30.3 Å². The summed E-state index contributed by atoms with van der Waals surface area (Å²) in [6.07, 6.45) is 1.66. The molecule has 2 aromatic rings. The molecule has 0 aromatic heterocycles. The monoisotopic (exact) mass is 414 g/mol. The van der Waals surface area contributed by atoms with Crippen LogP contribution in [-0.4, -0.2) is 26.8 Å². The number of halogens is 1. The summed E-state index contributed by atoms with van der Waals surface area (Å²) >= 11 is 3.26. The van der Waals surface area contributed by atoms with E-state index in [4.69, 9.17) is 14.2 Å². The number of hydrogen-bond donors (Lipinski definition) is 0. The van der Waals surface area contributed by atoms with E-state index in [0.717, 1.165) is 5.56 Å². The van der Waals surface area contributed by atoms with Crippen molar-refractivity contribution >= 4 is 28.0 Å². The van der Waals surface area contributed by atoms with Gasteiger partial charge in [0.15, 0.2) is 11.5 Å². The average Bonchev–Trinajstić information content (AvgIpc) is 2.67. The molecule has 2 aromatic carbocycles. The van der Waals surface area contributed by atoms with Crippen molar-refractivity contribution in [2.75, 3.05) is 20.8 Å². The zero-order chi connectivity index (χ0) is 18.9. The summed E-state index contributed by atoms with van der Waals surface area (Å²) in [6, 6.07) is 13.2. The normalized spacial score (nSPS) is 10.5. The van der Waals surface area contributed by atoms with Crippen LogP contribution in [0.2, 0.25) is 0 Å². The summed E-state index contributed by atoms with van der Waals surface area (Å²) in [5.74, 6) is 6.91. The Balaban J connectivity index is 2.52. The smallest absolute Gasteiger partial charge is 0.345 e. The minimum absolute atomic E-state index is 0.300. The van der Waals surface area contributed by atoms with E-state index in [1.165, 1.54) is 0 Å². The maximum absolute atomic E-state index is 11.9. The molecule has 4 nitrogen and oxygen atoms in total. The maximum atomic E-state index is 11.9. The molecule has 0 unspecified atom stereocenters. The number of ether oxygens (including phenoxy) is 3. The molecule has 0 heterocycles. The lowest BCUT2D eigenvalue weighted by Gasteiger charge is -2.10. The highest BCUT2D eigenvalue weighted by Crippen LogP contribution is 2.32. The van der Waals surface area contributed by atoms with Gasteiger partial charge < -0.3 is 14.2 Å². The number of hydrogen-bond acceptors (Lipinski definition) is 4. The molecule has 0 aliphatic carbocycles. The summed E-state index contributed by atoms with van der Waals surface area (Å²) < 4.78 is 16.0. The van der Waals surface area contributed by atoms with E-state index < -0.39 is 5.97 Å². The zero-order valence-corrected chi connectivity index (χ0v) is 16.4. The molecule has 2 rings (SSSR count). The molecule has 26 heavy (non-hydrogen) atoms. The minimum atomic E-state index is -0.441. The Kier molecular flexibility index (Phi) is 7.31. The highest BCUT2D eigenvalue weighted by molar-refractivity contribution is 9.12. The molecule has 0 spiro atoms. The third kappa shape index (κ3) is 5.14. The number of rotatable bonds is 5. The minimum Gasteiger partial charge on any atom is -0.493 e. The van der Waals surface area contributed by atoms with Crippen LogP contribution in [-0.2, 0) is 9.53 Å². The summed E-state index contributed by atoms with van der Waals surface area (Å²) in [5, 5.41) is 0. The van der Waals surface area contributed by atoms with Crippen LogP contribution in [0, 0.1) is 11.8 Å². The first kappa shape index (κ1) is 19.6. The molecule has 0 radical (unpaired) electrons. The van der Waals surface area contributed by atoms with Crippen molar-refractivity contribution in [1.82, 2.24) is 0 Å². The molecule has 0 amide bonds. The quantitative estimate of drug-likeness (QED) is 0.413. The Bertz CT molecular complexity index is 861. The van der Waals surface area contributed by atoms with Gasteiger partial charge in [0, 0.05) is 17.2 Å². The molecule has 0 atom stereocenters. The second-order valence-electron chi connectivity index (χ2n) is 5.12. The molecule has 0 saturated heterocycles. The Labute approximate surface area is 161 Å². The molecule has 134 valence electrons. The van der Waals surface area contributed by atoms with Crippen LogP contribution < -0.4 is 9.47 Å². The first-order chi connectivity index (χ1) is 12.6. The van der Waals surface area contributed by atoms with Gasteiger partial charge >= 0.3 is 5.97 Å². The second-order valence-corrected chi connectivity index (χ2v) is 5.98. The van der Waals surface area contributed by atoms with Gasteiger partial charge in [-0.3, -0.25) is 0 Å². The molecular weight excluding hydrogens is 396 g/mol. The molecule has 0 aliphatic rings. The van der Waals surface area contributed by atoms with Crippen LogP contribution in [0.1, 0.15) is 23.6 Å². The van der Waals surface area contributed by atoms with Gasteiger partial charge in [-0.15, -0.1) is 0 Å². The fourth-order valence-corrected chi connectivity index (χ4v) is 2.54. The fourth-order valence-electron chi connectivity index (χ4n) is 2.18. The first-order valence-electron chi connectivity index (χ1n) is 7.96. The lowest BCUT2D eigenvalue weighted by Crippen LogP contribution is -2.03. The Morgan fingerprint density at radius 2 is 1.73 bits per heavy atom. The largest absolute Gasteiger partial charge is 0.493 e. The van der Waals surface area contributed by atoms with E-state index in [2.05, 4.69) is 27.8 Å². The molecule has 0 saturated carbocycles. The van der Waals surface area contributed by atoms with Gasteiger partial charge in [-0.05, 0) is 52.7 Å². The Morgan fingerprint density at radius 3 is 2.35 bits per heavy atom. The van der Waals surface area contributed by atoms with Gasteiger partial charge in [-0.25, -0.2) is 4.79 Å². The molecule has 0 N–H and O–H groups in total. The topological polar surface area (TPSA) is 44.8 Å². The molecular formula is C21H19BrO4. The van der Waals surface area contributed by atoms with Crippen LogP contribution in [0.3, 0.4) is 0 Å². The lowest BCUT2D eigenvalue weighted by atomic mass is 10.0. The van der Waals surface area contributed by atoms with Crippen LogP contribution in [0.5, 0.6) is 11.5 Å². The van der Waals surface area contributed by atoms with Gasteiger partial charge in [0.25, 0.3) is 0 Å². The number of methoxy groups -OCH3 is 2. The van der Waals surface area contributed by atoms with Crippen molar-refractivity contribution in [1.29, 1.82) is 0 Å². The van der Waals surface area contributed by atoms with Crippen molar-refractivity contribution in [2.45, 2.75) is 6.92 Å². The summed E-state index contributed by atoms with van der Waals surface area (Å²) in [5.41, 5.74) is 2.31. The molecule has 0 fully saturated rings. The molecule has 0 aliphatic heterocycles. The van der Waals surface area contributed by atoms with Gasteiger partial charge in [-0.2, -0.15) is 0 Å². The molecule has 5 heteroatoms. The van der Waals surface area contributed by atoms with E-state index in [1.54, 1.807) is 39.4 Å². The van der Waals surface area contributed by atoms with Crippen LogP contribution in [0.25, 0.3) is 6.08 Å². The van der Waals surface area contributed by atoms with Crippen molar-refractivity contribution in [2.24, 2.45) is 0 Å². The third-order valence-electron chi connectivity index (χ3n) is 3.42. The van der Waals surface area contributed by atoms with Crippen molar-refractivity contribution in [3.63, 3.8) is 0 Å².